The summed E-state index contributed by atoms with van der Waals surface area (Å²) in [6.45, 7) is 12.0. The Balaban J connectivity index is 1.87. The molecule has 4 aliphatic rings. The molecule has 0 heterocycles. The van der Waals surface area contributed by atoms with E-state index in [1.807, 2.05) is 0 Å². The zero-order valence-electron chi connectivity index (χ0n) is 18.7. The van der Waals surface area contributed by atoms with Crippen LogP contribution in [0, 0.1) is 17.8 Å². The van der Waals surface area contributed by atoms with Crippen molar-refractivity contribution in [3.8, 4) is 5.75 Å². The zero-order valence-corrected chi connectivity index (χ0v) is 20.4. The van der Waals surface area contributed by atoms with Gasteiger partial charge in [-0.05, 0) is 79.5 Å². The molecule has 1 aromatic rings. The van der Waals surface area contributed by atoms with Crippen LogP contribution in [0.2, 0.25) is 13.1 Å². The van der Waals surface area contributed by atoms with E-state index in [1.165, 1.54) is 54.6 Å². The molecule has 4 bridgehead atoms. The molecule has 2 atom stereocenters. The van der Waals surface area contributed by atoms with Crippen LogP contribution in [0.5, 0.6) is 5.75 Å². The lowest BCUT2D eigenvalue weighted by Gasteiger charge is -2.58. The van der Waals surface area contributed by atoms with Crippen molar-refractivity contribution in [3.05, 3.63) is 41.2 Å². The number of ether oxygens (including phenoxy) is 1. The molecule has 4 fully saturated rings. The Kier molecular flexibility index (Phi) is 5.85. The number of hydrogen-bond donors (Lipinski definition) is 0. The Morgan fingerprint density at radius 1 is 1.14 bits per heavy atom. The molecule has 0 saturated heterocycles. The van der Waals surface area contributed by atoms with Gasteiger partial charge in [-0.1, -0.05) is 39.0 Å². The second kappa shape index (κ2) is 7.96. The van der Waals surface area contributed by atoms with Gasteiger partial charge in [0.05, 0.1) is 12.1 Å². The third kappa shape index (κ3) is 3.90. The lowest BCUT2D eigenvalue weighted by Crippen LogP contribution is -2.51. The lowest BCUT2D eigenvalue weighted by atomic mass is 9.46. The molecule has 0 amide bonds. The normalized spacial score (nSPS) is 32.2. The smallest absolute Gasteiger partial charge is 0.274 e. The number of para-hydroxylation sites is 1. The third-order valence-electron chi connectivity index (χ3n) is 7.22. The number of halogens is 1. The number of rotatable bonds is 6. The van der Waals surface area contributed by atoms with Gasteiger partial charge in [-0.3, -0.25) is 0 Å². The average molecular weight is 432 g/mol. The van der Waals surface area contributed by atoms with Gasteiger partial charge in [-0.2, -0.15) is 0 Å². The van der Waals surface area contributed by atoms with E-state index >= 15 is 0 Å². The maximum absolute atomic E-state index is 6.68. The Labute approximate surface area is 183 Å². The van der Waals surface area contributed by atoms with E-state index in [1.54, 1.807) is 0 Å². The minimum absolute atomic E-state index is 0.0595. The first-order valence-corrected chi connectivity index (χ1v) is 14.2. The van der Waals surface area contributed by atoms with Crippen LogP contribution in [0.25, 0.3) is 0 Å². The van der Waals surface area contributed by atoms with Crippen LogP contribution in [0.3, 0.4) is 0 Å². The van der Waals surface area contributed by atoms with E-state index in [4.69, 9.17) is 20.8 Å². The van der Waals surface area contributed by atoms with Gasteiger partial charge >= 0.3 is 0 Å². The molecule has 159 valence electrons. The Morgan fingerprint density at radius 2 is 1.83 bits per heavy atom. The van der Waals surface area contributed by atoms with Crippen molar-refractivity contribution in [2.45, 2.75) is 76.8 Å². The maximum atomic E-state index is 6.68. The van der Waals surface area contributed by atoms with Crippen molar-refractivity contribution in [2.75, 3.05) is 12.5 Å². The van der Waals surface area contributed by atoms with Crippen molar-refractivity contribution >= 4 is 20.6 Å². The number of benzene rings is 1. The van der Waals surface area contributed by atoms with Crippen LogP contribution < -0.4 is 4.43 Å². The van der Waals surface area contributed by atoms with Crippen LogP contribution in [-0.2, 0) is 15.6 Å². The highest BCUT2D eigenvalue weighted by atomic mass is 35.5. The SMILES string of the molecule is C[Si](C)Oc1c(C(C)(C)C)cccc1C12CC3CC(CC(C3)C1=COCCCl)C2. The topological polar surface area (TPSA) is 18.5 Å². The van der Waals surface area contributed by atoms with Gasteiger partial charge in [0, 0.05) is 11.0 Å². The summed E-state index contributed by atoms with van der Waals surface area (Å²) in [7, 11) is -0.866. The van der Waals surface area contributed by atoms with Crippen molar-refractivity contribution in [3.63, 3.8) is 0 Å². The van der Waals surface area contributed by atoms with E-state index in [2.05, 4.69) is 58.3 Å². The fraction of sp³-hybridized carbons (Fsp3) is 0.680. The van der Waals surface area contributed by atoms with E-state index in [-0.39, 0.29) is 10.8 Å². The summed E-state index contributed by atoms with van der Waals surface area (Å²) >= 11 is 5.90. The fourth-order valence-electron chi connectivity index (χ4n) is 6.44. The first-order valence-electron chi connectivity index (χ1n) is 11.2. The molecule has 0 aliphatic heterocycles. The zero-order chi connectivity index (χ0) is 20.8. The van der Waals surface area contributed by atoms with Crippen LogP contribution >= 0.6 is 11.6 Å². The highest BCUT2D eigenvalue weighted by Gasteiger charge is 2.56. The standard InChI is InChI=1S/C25H36ClO2Si/c1-24(2,3)20-7-6-8-21(23(20)28-29(4)5)25-14-17-11-18(15-25)13-19(12-17)22(25)16-27-10-9-26/h6-8,16-19H,9-15H2,1-5H3. The highest BCUT2D eigenvalue weighted by Crippen LogP contribution is 2.64. The van der Waals surface area contributed by atoms with Gasteiger partial charge in [0.2, 0.25) is 0 Å². The summed E-state index contributed by atoms with van der Waals surface area (Å²) < 4.78 is 12.6. The fourth-order valence-corrected chi connectivity index (χ4v) is 7.16. The first-order chi connectivity index (χ1) is 13.7. The predicted molar refractivity (Wildman–Crippen MR) is 123 cm³/mol. The molecule has 1 radical (unpaired) electrons. The molecule has 4 saturated carbocycles. The van der Waals surface area contributed by atoms with Gasteiger partial charge in [0.1, 0.15) is 12.4 Å². The summed E-state index contributed by atoms with van der Waals surface area (Å²) in [5.74, 6) is 4.06. The van der Waals surface area contributed by atoms with Crippen molar-refractivity contribution in [2.24, 2.45) is 17.8 Å². The maximum Gasteiger partial charge on any atom is 0.274 e. The van der Waals surface area contributed by atoms with Gasteiger partial charge in [-0.15, -0.1) is 11.6 Å². The summed E-state index contributed by atoms with van der Waals surface area (Å²) in [6.07, 6.45) is 8.67. The van der Waals surface area contributed by atoms with E-state index in [9.17, 15) is 0 Å². The van der Waals surface area contributed by atoms with Crippen molar-refractivity contribution in [1.82, 2.24) is 0 Å². The second-order valence-corrected chi connectivity index (χ2v) is 13.1. The molecule has 2 unspecified atom stereocenters. The quantitative estimate of drug-likeness (QED) is 0.212. The average Bonchev–Trinajstić information content (AvgIpc) is 2.62. The predicted octanol–water partition coefficient (Wildman–Crippen LogP) is 6.83. The first kappa shape index (κ1) is 21.3. The highest BCUT2D eigenvalue weighted by molar-refractivity contribution is 6.49. The molecule has 0 N–H and O–H groups in total. The molecule has 4 heteroatoms. The molecule has 1 aromatic carbocycles. The molecular weight excluding hydrogens is 396 g/mol. The van der Waals surface area contributed by atoms with Crippen LogP contribution in [0.4, 0.5) is 0 Å². The number of alkyl halides is 1. The molecule has 29 heavy (non-hydrogen) atoms. The number of hydrogen-bond acceptors (Lipinski definition) is 2. The van der Waals surface area contributed by atoms with Crippen LogP contribution in [0.1, 0.15) is 64.0 Å². The summed E-state index contributed by atoms with van der Waals surface area (Å²) in [6, 6.07) is 6.89. The van der Waals surface area contributed by atoms with E-state index in [0.29, 0.717) is 18.4 Å². The largest absolute Gasteiger partial charge is 0.542 e. The summed E-state index contributed by atoms with van der Waals surface area (Å²) in [5, 5.41) is 0. The van der Waals surface area contributed by atoms with Crippen molar-refractivity contribution in [1.29, 1.82) is 0 Å². The summed E-state index contributed by atoms with van der Waals surface area (Å²) in [4.78, 5) is 0. The molecule has 0 spiro atoms. The molecule has 5 rings (SSSR count). The third-order valence-corrected chi connectivity index (χ3v) is 7.99. The van der Waals surface area contributed by atoms with Crippen LogP contribution in [0.15, 0.2) is 30.0 Å². The Hall–Kier alpha value is -0.933. The van der Waals surface area contributed by atoms with Crippen molar-refractivity contribution < 1.29 is 9.16 Å². The molecule has 2 nitrogen and oxygen atoms in total. The number of allylic oxidation sites excluding steroid dienone is 1. The Morgan fingerprint density at radius 3 is 2.41 bits per heavy atom. The minimum Gasteiger partial charge on any atom is -0.542 e. The summed E-state index contributed by atoms with van der Waals surface area (Å²) in [5.41, 5.74) is 4.43. The minimum atomic E-state index is -0.866. The van der Waals surface area contributed by atoms with Gasteiger partial charge in [-0.25, -0.2) is 0 Å². The monoisotopic (exact) mass is 431 g/mol. The second-order valence-electron chi connectivity index (χ2n) is 10.7. The Bertz CT molecular complexity index is 766. The van der Waals surface area contributed by atoms with Crippen LogP contribution in [-0.4, -0.2) is 21.5 Å². The van der Waals surface area contributed by atoms with Gasteiger partial charge < -0.3 is 9.16 Å². The van der Waals surface area contributed by atoms with Gasteiger partial charge in [0.15, 0.2) is 0 Å². The van der Waals surface area contributed by atoms with Gasteiger partial charge in [0.25, 0.3) is 9.04 Å². The molecular formula is C25H36ClO2Si. The molecule has 0 aromatic heterocycles. The van der Waals surface area contributed by atoms with E-state index < -0.39 is 9.04 Å². The molecule has 4 aliphatic carbocycles. The lowest BCUT2D eigenvalue weighted by molar-refractivity contribution is 0.0408. The van der Waals surface area contributed by atoms with E-state index in [0.717, 1.165) is 11.8 Å².